The molecule has 0 spiro atoms. The minimum atomic E-state index is -0.662. The molecule has 2 aromatic rings. The first-order valence-electron chi connectivity index (χ1n) is 6.67. The highest BCUT2D eigenvalue weighted by atomic mass is 79.9. The highest BCUT2D eigenvalue weighted by Gasteiger charge is 2.16. The van der Waals surface area contributed by atoms with Crippen LogP contribution in [-0.2, 0) is 4.79 Å². The number of primary amides is 1. The molecule has 3 N–H and O–H groups in total. The Balaban J connectivity index is 2.10. The van der Waals surface area contributed by atoms with Crippen LogP contribution < -0.4 is 20.5 Å². The highest BCUT2D eigenvalue weighted by molar-refractivity contribution is 9.10. The number of anilines is 1. The summed E-state index contributed by atoms with van der Waals surface area (Å²) >= 11 is 3.34. The molecule has 0 aliphatic carbocycles. The van der Waals surface area contributed by atoms with Crippen molar-refractivity contribution in [2.24, 2.45) is 5.73 Å². The van der Waals surface area contributed by atoms with E-state index in [2.05, 4.69) is 21.2 Å². The van der Waals surface area contributed by atoms with Gasteiger partial charge in [-0.05, 0) is 40.2 Å². The predicted octanol–water partition coefficient (Wildman–Crippen LogP) is 2.57. The van der Waals surface area contributed by atoms with E-state index in [-0.39, 0.29) is 23.8 Å². The summed E-state index contributed by atoms with van der Waals surface area (Å²) < 4.78 is 11.3. The van der Waals surface area contributed by atoms with Gasteiger partial charge in [-0.3, -0.25) is 9.59 Å². The Morgan fingerprint density at radius 2 is 1.91 bits per heavy atom. The third-order valence-electron chi connectivity index (χ3n) is 2.96. The van der Waals surface area contributed by atoms with Gasteiger partial charge in [-0.15, -0.1) is 0 Å². The molecule has 0 aromatic heterocycles. The maximum Gasteiger partial charge on any atom is 0.262 e. The van der Waals surface area contributed by atoms with Crippen LogP contribution in [0.3, 0.4) is 0 Å². The molecule has 0 heterocycles. The van der Waals surface area contributed by atoms with Gasteiger partial charge in [-0.2, -0.15) is 0 Å². The molecule has 0 aliphatic rings. The Bertz CT molecular complexity index is 734. The molecule has 0 fully saturated rings. The minimum Gasteiger partial charge on any atom is -0.493 e. The van der Waals surface area contributed by atoms with Gasteiger partial charge in [0, 0.05) is 4.47 Å². The van der Waals surface area contributed by atoms with Crippen LogP contribution in [0.2, 0.25) is 0 Å². The second-order valence-corrected chi connectivity index (χ2v) is 5.37. The molecular formula is C16H15BrN2O4. The number of nitrogens with two attached hydrogens (primary N) is 1. The molecule has 0 atom stereocenters. The summed E-state index contributed by atoms with van der Waals surface area (Å²) in [4.78, 5) is 23.5. The molecule has 0 unspecified atom stereocenters. The summed E-state index contributed by atoms with van der Waals surface area (Å²) in [6, 6.07) is 11.9. The summed E-state index contributed by atoms with van der Waals surface area (Å²) in [5.41, 5.74) is 6.08. The van der Waals surface area contributed by atoms with Crippen LogP contribution in [0.1, 0.15) is 10.4 Å². The Labute approximate surface area is 141 Å². The van der Waals surface area contributed by atoms with Gasteiger partial charge < -0.3 is 20.5 Å². The van der Waals surface area contributed by atoms with Gasteiger partial charge in [0.2, 0.25) is 0 Å². The molecular weight excluding hydrogens is 364 g/mol. The van der Waals surface area contributed by atoms with E-state index >= 15 is 0 Å². The van der Waals surface area contributed by atoms with Crippen molar-refractivity contribution >= 4 is 33.4 Å². The molecule has 0 saturated carbocycles. The van der Waals surface area contributed by atoms with Crippen LogP contribution in [0.25, 0.3) is 0 Å². The molecule has 0 saturated heterocycles. The summed E-state index contributed by atoms with van der Waals surface area (Å²) in [5.74, 6) is -0.567. The van der Waals surface area contributed by atoms with E-state index in [1.165, 1.54) is 13.2 Å². The van der Waals surface area contributed by atoms with Crippen molar-refractivity contribution in [1.29, 1.82) is 0 Å². The quantitative estimate of drug-likeness (QED) is 0.807. The lowest BCUT2D eigenvalue weighted by Crippen LogP contribution is -2.22. The van der Waals surface area contributed by atoms with Crippen LogP contribution in [0.5, 0.6) is 11.5 Å². The normalized spacial score (nSPS) is 10.0. The Morgan fingerprint density at radius 1 is 1.17 bits per heavy atom. The third kappa shape index (κ3) is 4.23. The third-order valence-corrected chi connectivity index (χ3v) is 3.65. The molecule has 120 valence electrons. The number of carbonyl (C=O) groups excluding carboxylic acids is 2. The van der Waals surface area contributed by atoms with Gasteiger partial charge in [0.15, 0.2) is 18.1 Å². The number of rotatable bonds is 6. The maximum atomic E-state index is 12.0. The second kappa shape index (κ2) is 7.64. The number of ether oxygens (including phenoxy) is 2. The average Bonchev–Trinajstić information content (AvgIpc) is 2.54. The number of nitrogens with one attached hydrogen (secondary N) is 1. The van der Waals surface area contributed by atoms with E-state index < -0.39 is 5.91 Å². The monoisotopic (exact) mass is 378 g/mol. The molecule has 7 heteroatoms. The summed E-state index contributed by atoms with van der Waals surface area (Å²) in [5, 5.41) is 2.70. The van der Waals surface area contributed by atoms with Crippen molar-refractivity contribution in [2.75, 3.05) is 19.0 Å². The van der Waals surface area contributed by atoms with E-state index in [4.69, 9.17) is 15.2 Å². The van der Waals surface area contributed by atoms with Gasteiger partial charge >= 0.3 is 0 Å². The molecule has 0 bridgehead atoms. The van der Waals surface area contributed by atoms with Crippen molar-refractivity contribution in [3.63, 3.8) is 0 Å². The van der Waals surface area contributed by atoms with E-state index in [1.54, 1.807) is 24.3 Å². The fourth-order valence-electron chi connectivity index (χ4n) is 1.91. The standard InChI is InChI=1S/C16H15BrN2O4/c1-22-13-8-4-5-10(16(18)21)15(13)23-9-14(20)19-12-7-3-2-6-11(12)17/h2-8H,9H2,1H3,(H2,18,21)(H,19,20). The fraction of sp³-hybridized carbons (Fsp3) is 0.125. The van der Waals surface area contributed by atoms with Crippen LogP contribution in [0.4, 0.5) is 5.69 Å². The number of amides is 2. The maximum absolute atomic E-state index is 12.0. The second-order valence-electron chi connectivity index (χ2n) is 4.52. The van der Waals surface area contributed by atoms with Crippen LogP contribution >= 0.6 is 15.9 Å². The van der Waals surface area contributed by atoms with Crippen molar-refractivity contribution < 1.29 is 19.1 Å². The lowest BCUT2D eigenvalue weighted by Gasteiger charge is -2.13. The first-order chi connectivity index (χ1) is 11.0. The summed E-state index contributed by atoms with van der Waals surface area (Å²) in [7, 11) is 1.44. The Hall–Kier alpha value is -2.54. The number of para-hydroxylation sites is 2. The number of methoxy groups -OCH3 is 1. The first kappa shape index (κ1) is 16.8. The average molecular weight is 379 g/mol. The van der Waals surface area contributed by atoms with Gasteiger partial charge in [-0.1, -0.05) is 18.2 Å². The van der Waals surface area contributed by atoms with Gasteiger partial charge in [0.1, 0.15) is 0 Å². The van der Waals surface area contributed by atoms with E-state index in [0.717, 1.165) is 4.47 Å². The van der Waals surface area contributed by atoms with Crippen LogP contribution in [0, 0.1) is 0 Å². The topological polar surface area (TPSA) is 90.7 Å². The summed E-state index contributed by atoms with van der Waals surface area (Å²) in [6.07, 6.45) is 0. The first-order valence-corrected chi connectivity index (χ1v) is 7.46. The van der Waals surface area contributed by atoms with Crippen LogP contribution in [-0.4, -0.2) is 25.5 Å². The van der Waals surface area contributed by atoms with Crippen LogP contribution in [0.15, 0.2) is 46.9 Å². The van der Waals surface area contributed by atoms with E-state index in [1.807, 2.05) is 12.1 Å². The van der Waals surface area contributed by atoms with Crippen molar-refractivity contribution in [2.45, 2.75) is 0 Å². The van der Waals surface area contributed by atoms with E-state index in [9.17, 15) is 9.59 Å². The molecule has 23 heavy (non-hydrogen) atoms. The minimum absolute atomic E-state index is 0.143. The highest BCUT2D eigenvalue weighted by Crippen LogP contribution is 2.30. The zero-order chi connectivity index (χ0) is 16.8. The molecule has 6 nitrogen and oxygen atoms in total. The molecule has 2 aromatic carbocycles. The largest absolute Gasteiger partial charge is 0.493 e. The molecule has 2 rings (SSSR count). The number of halogens is 1. The number of carbonyl (C=O) groups is 2. The molecule has 0 radical (unpaired) electrons. The lowest BCUT2D eigenvalue weighted by atomic mass is 10.2. The van der Waals surface area contributed by atoms with Crippen molar-refractivity contribution in [3.8, 4) is 11.5 Å². The van der Waals surface area contributed by atoms with Gasteiger partial charge in [-0.25, -0.2) is 0 Å². The van der Waals surface area contributed by atoms with Crippen molar-refractivity contribution in [3.05, 3.63) is 52.5 Å². The zero-order valence-electron chi connectivity index (χ0n) is 12.3. The Kier molecular flexibility index (Phi) is 5.59. The SMILES string of the molecule is COc1cccc(C(N)=O)c1OCC(=O)Nc1ccccc1Br. The Morgan fingerprint density at radius 3 is 2.57 bits per heavy atom. The lowest BCUT2D eigenvalue weighted by molar-refractivity contribution is -0.118. The predicted molar refractivity (Wildman–Crippen MR) is 89.8 cm³/mol. The van der Waals surface area contributed by atoms with Crippen molar-refractivity contribution in [1.82, 2.24) is 0 Å². The van der Waals surface area contributed by atoms with Gasteiger partial charge in [0.05, 0.1) is 18.4 Å². The summed E-state index contributed by atoms with van der Waals surface area (Å²) in [6.45, 7) is -0.290. The smallest absolute Gasteiger partial charge is 0.262 e. The zero-order valence-corrected chi connectivity index (χ0v) is 13.9. The number of hydrogen-bond donors (Lipinski definition) is 2. The van der Waals surface area contributed by atoms with Gasteiger partial charge in [0.25, 0.3) is 11.8 Å². The number of hydrogen-bond acceptors (Lipinski definition) is 4. The fourth-order valence-corrected chi connectivity index (χ4v) is 2.29. The molecule has 0 aliphatic heterocycles. The molecule has 2 amide bonds. The number of benzene rings is 2. The van der Waals surface area contributed by atoms with E-state index in [0.29, 0.717) is 11.4 Å².